The molecule has 2 aromatic rings. The number of sulfonamides is 1. The molecule has 1 aliphatic heterocycles. The summed E-state index contributed by atoms with van der Waals surface area (Å²) in [6.07, 6.45) is 4.39. The van der Waals surface area contributed by atoms with Gasteiger partial charge in [-0.1, -0.05) is 6.42 Å². The molecule has 0 spiro atoms. The van der Waals surface area contributed by atoms with Crippen LogP contribution in [-0.4, -0.2) is 30.8 Å². The molecule has 2 heterocycles. The van der Waals surface area contributed by atoms with Crippen LogP contribution in [0.2, 0.25) is 0 Å². The largest absolute Gasteiger partial charge is 0.340 e. The molecule has 0 unspecified atom stereocenters. The molecule has 7 heteroatoms. The Hall–Kier alpha value is -1.19. The zero-order chi connectivity index (χ0) is 16.3. The van der Waals surface area contributed by atoms with Crippen molar-refractivity contribution in [2.24, 2.45) is 0 Å². The van der Waals surface area contributed by atoms with Gasteiger partial charge in [0.2, 0.25) is 10.0 Å². The number of benzene rings is 1. The van der Waals surface area contributed by atoms with Gasteiger partial charge < -0.3 is 5.32 Å². The van der Waals surface area contributed by atoms with E-state index in [1.165, 1.54) is 6.20 Å². The van der Waals surface area contributed by atoms with Gasteiger partial charge in [0.25, 0.3) is 0 Å². The standard InChI is InChI=1S/C16H18IN3O2S/c17-13-4-6-14(7-5-13)19-16-9-8-15(12-18-16)23(21,22)20-10-2-1-3-11-20/h4-9,12H,1-3,10-11H2,(H,18,19). The van der Waals surface area contributed by atoms with Crippen molar-refractivity contribution in [1.29, 1.82) is 0 Å². The lowest BCUT2D eigenvalue weighted by molar-refractivity contribution is 0.346. The van der Waals surface area contributed by atoms with Crippen LogP contribution in [0.25, 0.3) is 0 Å². The summed E-state index contributed by atoms with van der Waals surface area (Å²) in [4.78, 5) is 4.50. The second kappa shape index (κ2) is 7.14. The summed E-state index contributed by atoms with van der Waals surface area (Å²) in [6, 6.07) is 11.2. The molecule has 1 N–H and O–H groups in total. The van der Waals surface area contributed by atoms with E-state index in [0.717, 1.165) is 28.5 Å². The van der Waals surface area contributed by atoms with Crippen LogP contribution in [0.15, 0.2) is 47.5 Å². The van der Waals surface area contributed by atoms with Gasteiger partial charge in [0.15, 0.2) is 0 Å². The summed E-state index contributed by atoms with van der Waals surface area (Å²) in [7, 11) is -3.42. The topological polar surface area (TPSA) is 62.3 Å². The first-order valence-corrected chi connectivity index (χ1v) is 10.1. The van der Waals surface area contributed by atoms with E-state index in [0.29, 0.717) is 18.9 Å². The first kappa shape index (κ1) is 16.7. The van der Waals surface area contributed by atoms with Gasteiger partial charge in [-0.25, -0.2) is 13.4 Å². The summed E-state index contributed by atoms with van der Waals surface area (Å²) in [5.41, 5.74) is 0.921. The first-order valence-electron chi connectivity index (χ1n) is 7.54. The average Bonchev–Trinajstić information content (AvgIpc) is 2.58. The minimum atomic E-state index is -3.42. The predicted octanol–water partition coefficient (Wildman–Crippen LogP) is 3.60. The van der Waals surface area contributed by atoms with Gasteiger partial charge in [-0.2, -0.15) is 4.31 Å². The quantitative estimate of drug-likeness (QED) is 0.734. The van der Waals surface area contributed by atoms with E-state index < -0.39 is 10.0 Å². The highest BCUT2D eigenvalue weighted by atomic mass is 127. The van der Waals surface area contributed by atoms with E-state index in [1.54, 1.807) is 16.4 Å². The van der Waals surface area contributed by atoms with Crippen LogP contribution in [0.1, 0.15) is 19.3 Å². The van der Waals surface area contributed by atoms with Gasteiger partial charge in [0.05, 0.1) is 0 Å². The van der Waals surface area contributed by atoms with Crippen LogP contribution in [0.5, 0.6) is 0 Å². The third-order valence-electron chi connectivity index (χ3n) is 3.81. The van der Waals surface area contributed by atoms with Crippen molar-refractivity contribution in [3.05, 3.63) is 46.2 Å². The van der Waals surface area contributed by atoms with Gasteiger partial charge in [0.1, 0.15) is 10.7 Å². The van der Waals surface area contributed by atoms with E-state index in [-0.39, 0.29) is 4.90 Å². The van der Waals surface area contributed by atoms with E-state index >= 15 is 0 Å². The average molecular weight is 443 g/mol. The summed E-state index contributed by atoms with van der Waals surface area (Å²) in [5, 5.41) is 3.17. The Balaban J connectivity index is 1.74. The minimum Gasteiger partial charge on any atom is -0.340 e. The molecule has 3 rings (SSSR count). The molecule has 0 saturated carbocycles. The van der Waals surface area contributed by atoms with Crippen molar-refractivity contribution < 1.29 is 8.42 Å². The van der Waals surface area contributed by atoms with Gasteiger partial charge in [-0.05, 0) is 71.8 Å². The SMILES string of the molecule is O=S(=O)(c1ccc(Nc2ccc(I)cc2)nc1)N1CCCCC1. The summed E-state index contributed by atoms with van der Waals surface area (Å²) in [5.74, 6) is 0.629. The lowest BCUT2D eigenvalue weighted by Crippen LogP contribution is -2.35. The lowest BCUT2D eigenvalue weighted by Gasteiger charge is -2.25. The van der Waals surface area contributed by atoms with Gasteiger partial charge in [-0.3, -0.25) is 0 Å². The molecular formula is C16H18IN3O2S. The zero-order valence-corrected chi connectivity index (χ0v) is 15.5. The van der Waals surface area contributed by atoms with E-state index in [9.17, 15) is 8.42 Å². The van der Waals surface area contributed by atoms with Crippen LogP contribution in [0, 0.1) is 3.57 Å². The molecule has 1 aliphatic rings. The fourth-order valence-electron chi connectivity index (χ4n) is 2.54. The van der Waals surface area contributed by atoms with Crippen LogP contribution in [-0.2, 0) is 10.0 Å². The summed E-state index contributed by atoms with van der Waals surface area (Å²) >= 11 is 2.25. The number of nitrogens with zero attached hydrogens (tertiary/aromatic N) is 2. The zero-order valence-electron chi connectivity index (χ0n) is 12.6. The molecule has 1 fully saturated rings. The Labute approximate surface area is 150 Å². The lowest BCUT2D eigenvalue weighted by atomic mass is 10.2. The highest BCUT2D eigenvalue weighted by molar-refractivity contribution is 14.1. The number of pyridine rings is 1. The molecule has 0 radical (unpaired) electrons. The maximum atomic E-state index is 12.6. The molecular weight excluding hydrogens is 425 g/mol. The Morgan fingerprint density at radius 3 is 2.30 bits per heavy atom. The highest BCUT2D eigenvalue weighted by Crippen LogP contribution is 2.22. The van der Waals surface area contributed by atoms with E-state index in [2.05, 4.69) is 32.9 Å². The maximum absolute atomic E-state index is 12.6. The summed E-state index contributed by atoms with van der Waals surface area (Å²) in [6.45, 7) is 1.20. The van der Waals surface area contributed by atoms with Crippen molar-refractivity contribution in [2.45, 2.75) is 24.2 Å². The van der Waals surface area contributed by atoms with Crippen molar-refractivity contribution >= 4 is 44.1 Å². The molecule has 0 amide bonds. The molecule has 1 aromatic heterocycles. The van der Waals surface area contributed by atoms with Gasteiger partial charge in [0, 0.05) is 28.5 Å². The number of hydrogen-bond acceptors (Lipinski definition) is 4. The summed E-state index contributed by atoms with van der Waals surface area (Å²) < 4.78 is 27.8. The van der Waals surface area contributed by atoms with E-state index in [4.69, 9.17) is 0 Å². The highest BCUT2D eigenvalue weighted by Gasteiger charge is 2.26. The Bertz CT molecular complexity index is 755. The number of nitrogens with one attached hydrogen (secondary N) is 1. The molecule has 122 valence electrons. The van der Waals surface area contributed by atoms with Crippen LogP contribution < -0.4 is 5.32 Å². The molecule has 23 heavy (non-hydrogen) atoms. The Morgan fingerprint density at radius 2 is 1.70 bits per heavy atom. The predicted molar refractivity (Wildman–Crippen MR) is 99.3 cm³/mol. The number of hydrogen-bond donors (Lipinski definition) is 1. The number of halogens is 1. The second-order valence-corrected chi connectivity index (χ2v) is 8.66. The molecule has 1 aromatic carbocycles. The molecule has 0 aliphatic carbocycles. The smallest absolute Gasteiger partial charge is 0.244 e. The second-order valence-electron chi connectivity index (χ2n) is 5.48. The molecule has 0 atom stereocenters. The molecule has 5 nitrogen and oxygen atoms in total. The van der Waals surface area contributed by atoms with E-state index in [1.807, 2.05) is 24.3 Å². The number of piperidine rings is 1. The number of rotatable bonds is 4. The first-order chi connectivity index (χ1) is 11.1. The third kappa shape index (κ3) is 4.02. The van der Waals surface area contributed by atoms with Crippen LogP contribution in [0.4, 0.5) is 11.5 Å². The van der Waals surface area contributed by atoms with Crippen LogP contribution >= 0.6 is 22.6 Å². The van der Waals surface area contributed by atoms with Gasteiger partial charge >= 0.3 is 0 Å². The van der Waals surface area contributed by atoms with Crippen molar-refractivity contribution in [1.82, 2.24) is 9.29 Å². The normalized spacial score (nSPS) is 16.2. The monoisotopic (exact) mass is 443 g/mol. The fourth-order valence-corrected chi connectivity index (χ4v) is 4.36. The Morgan fingerprint density at radius 1 is 1.00 bits per heavy atom. The number of aromatic nitrogens is 1. The van der Waals surface area contributed by atoms with Crippen LogP contribution in [0.3, 0.4) is 0 Å². The third-order valence-corrected chi connectivity index (χ3v) is 6.41. The van der Waals surface area contributed by atoms with Crippen molar-refractivity contribution in [3.63, 3.8) is 0 Å². The molecule has 0 bridgehead atoms. The fraction of sp³-hybridized carbons (Fsp3) is 0.312. The van der Waals surface area contributed by atoms with Crippen molar-refractivity contribution in [3.8, 4) is 0 Å². The maximum Gasteiger partial charge on any atom is 0.244 e. The molecule has 1 saturated heterocycles. The van der Waals surface area contributed by atoms with Gasteiger partial charge in [-0.15, -0.1) is 0 Å². The minimum absolute atomic E-state index is 0.257. The number of anilines is 2. The van der Waals surface area contributed by atoms with Crippen molar-refractivity contribution in [2.75, 3.05) is 18.4 Å². The Kier molecular flexibility index (Phi) is 5.17.